The van der Waals surface area contributed by atoms with Gasteiger partial charge in [0.1, 0.15) is 34.9 Å². The molecule has 6 rings (SSSR count). The van der Waals surface area contributed by atoms with Crippen molar-refractivity contribution in [1.82, 2.24) is 0 Å². The van der Waals surface area contributed by atoms with E-state index in [0.717, 1.165) is 18.2 Å². The zero-order chi connectivity index (χ0) is 35.4. The summed E-state index contributed by atoms with van der Waals surface area (Å²) < 4.78 is 16.3. The molecule has 1 aliphatic rings. The second-order valence-electron chi connectivity index (χ2n) is 10.8. The molecule has 5 aromatic carbocycles. The summed E-state index contributed by atoms with van der Waals surface area (Å²) in [6.07, 6.45) is -2.12. The number of carbonyl (C=O) groups is 2. The van der Waals surface area contributed by atoms with E-state index in [1.54, 1.807) is 36.4 Å². The van der Waals surface area contributed by atoms with E-state index in [1.165, 1.54) is 37.4 Å². The Morgan fingerprint density at radius 3 is 2.00 bits per heavy atom. The molecule has 2 atom stereocenters. The molecule has 8 N–H and O–H groups in total. The maximum atomic E-state index is 12.7. The van der Waals surface area contributed by atoms with Crippen molar-refractivity contribution in [2.24, 2.45) is 0 Å². The van der Waals surface area contributed by atoms with Crippen molar-refractivity contribution >= 4 is 11.8 Å². The molecule has 2 unspecified atom stereocenters. The van der Waals surface area contributed by atoms with Crippen LogP contribution >= 0.6 is 0 Å². The highest BCUT2D eigenvalue weighted by atomic mass is 16.6. The Balaban J connectivity index is 0.000000232. The smallest absolute Gasteiger partial charge is 0.338 e. The van der Waals surface area contributed by atoms with E-state index in [0.29, 0.717) is 16.9 Å². The summed E-state index contributed by atoms with van der Waals surface area (Å²) in [4.78, 5) is 24.8. The Morgan fingerprint density at radius 2 is 1.37 bits per heavy atom. The molecule has 0 aliphatic carbocycles. The normalized spacial score (nSPS) is 14.7. The van der Waals surface area contributed by atoms with Crippen molar-refractivity contribution in [3.8, 4) is 57.5 Å². The molecule has 0 saturated carbocycles. The summed E-state index contributed by atoms with van der Waals surface area (Å²) in [5.41, 5.74) is 1.15. The van der Waals surface area contributed by atoms with Gasteiger partial charge in [-0.25, -0.2) is 4.79 Å². The zero-order valence-corrected chi connectivity index (χ0v) is 25.6. The van der Waals surface area contributed by atoms with Crippen molar-refractivity contribution in [3.05, 3.63) is 119 Å². The quantitative estimate of drug-likeness (QED) is 0.0665. The Bertz CT molecular complexity index is 2000. The number of hydrogen-bond donors (Lipinski definition) is 8. The number of phenols is 8. The monoisotopic (exact) mass is 670 g/mol. The van der Waals surface area contributed by atoms with Gasteiger partial charge in [-0.2, -0.15) is 0 Å². The van der Waals surface area contributed by atoms with Gasteiger partial charge in [-0.15, -0.1) is 0 Å². The van der Waals surface area contributed by atoms with Gasteiger partial charge in [0, 0.05) is 41.3 Å². The van der Waals surface area contributed by atoms with E-state index >= 15 is 0 Å². The lowest BCUT2D eigenvalue weighted by atomic mass is 9.93. The van der Waals surface area contributed by atoms with Crippen LogP contribution in [0.15, 0.2) is 91.0 Å². The van der Waals surface area contributed by atoms with Crippen molar-refractivity contribution in [1.29, 1.82) is 0 Å². The molecule has 0 saturated heterocycles. The first-order valence-corrected chi connectivity index (χ1v) is 14.5. The summed E-state index contributed by atoms with van der Waals surface area (Å²) in [7, 11) is 1.51. The molecule has 252 valence electrons. The van der Waals surface area contributed by atoms with E-state index in [2.05, 4.69) is 0 Å². The fourth-order valence-electron chi connectivity index (χ4n) is 5.05. The number of aromatic hydroxyl groups is 8. The molecule has 13 heteroatoms. The maximum absolute atomic E-state index is 12.7. The first-order valence-electron chi connectivity index (χ1n) is 14.5. The van der Waals surface area contributed by atoms with Gasteiger partial charge in [-0.05, 0) is 36.4 Å². The topological polar surface area (TPSA) is 224 Å². The largest absolute Gasteiger partial charge is 0.508 e. The van der Waals surface area contributed by atoms with Gasteiger partial charge in [0.2, 0.25) is 0 Å². The summed E-state index contributed by atoms with van der Waals surface area (Å²) in [5, 5.41) is 78.0. The Hall–Kier alpha value is -6.76. The van der Waals surface area contributed by atoms with Gasteiger partial charge in [-0.1, -0.05) is 36.4 Å². The minimum Gasteiger partial charge on any atom is -0.508 e. The average molecular weight is 671 g/mol. The third-order valence-electron chi connectivity index (χ3n) is 7.54. The van der Waals surface area contributed by atoms with E-state index in [-0.39, 0.29) is 57.6 Å². The molecule has 0 aromatic heterocycles. The van der Waals surface area contributed by atoms with Gasteiger partial charge < -0.3 is 55.1 Å². The maximum Gasteiger partial charge on any atom is 0.338 e. The minimum atomic E-state index is -1.06. The van der Waals surface area contributed by atoms with Crippen LogP contribution in [-0.4, -0.2) is 65.8 Å². The average Bonchev–Trinajstić information content (AvgIpc) is 3.08. The van der Waals surface area contributed by atoms with Crippen LogP contribution in [0.25, 0.3) is 0 Å². The van der Waals surface area contributed by atoms with Crippen LogP contribution in [0.3, 0.4) is 0 Å². The van der Waals surface area contributed by atoms with Crippen LogP contribution in [0.5, 0.6) is 57.5 Å². The molecule has 13 nitrogen and oxygen atoms in total. The number of hydrogen-bond acceptors (Lipinski definition) is 13. The summed E-state index contributed by atoms with van der Waals surface area (Å²) in [5.74, 6) is -4.18. The second-order valence-corrected chi connectivity index (χ2v) is 10.8. The number of phenolic OH excluding ortho intramolecular Hbond substituents is 8. The third kappa shape index (κ3) is 7.30. The lowest BCUT2D eigenvalue weighted by Gasteiger charge is -2.34. The van der Waals surface area contributed by atoms with Crippen LogP contribution in [-0.2, 0) is 11.2 Å². The molecule has 1 heterocycles. The molecule has 0 spiro atoms. The van der Waals surface area contributed by atoms with Crippen molar-refractivity contribution in [2.45, 2.75) is 18.6 Å². The highest BCUT2D eigenvalue weighted by molar-refractivity contribution is 6.10. The van der Waals surface area contributed by atoms with E-state index < -0.39 is 41.2 Å². The molecule has 0 bridgehead atoms. The lowest BCUT2D eigenvalue weighted by molar-refractivity contribution is -0.0189. The fraction of sp³-hybridized carbons (Fsp3) is 0.111. The summed E-state index contributed by atoms with van der Waals surface area (Å²) >= 11 is 0. The number of carbonyl (C=O) groups excluding carboxylic acids is 2. The number of esters is 1. The fourth-order valence-corrected chi connectivity index (χ4v) is 5.05. The van der Waals surface area contributed by atoms with E-state index in [9.17, 15) is 50.4 Å². The number of rotatable bonds is 6. The minimum absolute atomic E-state index is 0.0461. The predicted octanol–water partition coefficient (Wildman–Crippen LogP) is 5.16. The van der Waals surface area contributed by atoms with Crippen LogP contribution in [0.2, 0.25) is 0 Å². The zero-order valence-electron chi connectivity index (χ0n) is 25.6. The number of ketones is 1. The molecular weight excluding hydrogens is 640 g/mol. The highest BCUT2D eigenvalue weighted by Gasteiger charge is 2.37. The van der Waals surface area contributed by atoms with Gasteiger partial charge in [0.05, 0.1) is 18.2 Å². The van der Waals surface area contributed by atoms with Gasteiger partial charge in [0.25, 0.3) is 0 Å². The van der Waals surface area contributed by atoms with Crippen molar-refractivity contribution < 1.29 is 64.7 Å². The Morgan fingerprint density at radius 1 is 0.673 bits per heavy atom. The van der Waals surface area contributed by atoms with Crippen LogP contribution in [0.4, 0.5) is 0 Å². The summed E-state index contributed by atoms with van der Waals surface area (Å²) in [6, 6.07) is 21.5. The molecule has 1 aliphatic heterocycles. The molecular formula is C36H30O13. The number of methoxy groups -OCH3 is 1. The van der Waals surface area contributed by atoms with Gasteiger partial charge in [-0.3, -0.25) is 4.79 Å². The van der Waals surface area contributed by atoms with Crippen LogP contribution in [0.1, 0.15) is 43.5 Å². The van der Waals surface area contributed by atoms with Crippen LogP contribution in [0, 0.1) is 0 Å². The molecule has 49 heavy (non-hydrogen) atoms. The molecule has 0 radical (unpaired) electrons. The van der Waals surface area contributed by atoms with Crippen LogP contribution < -0.4 is 9.47 Å². The van der Waals surface area contributed by atoms with Crippen molar-refractivity contribution in [2.75, 3.05) is 7.11 Å². The Kier molecular flexibility index (Phi) is 9.55. The number of fused-ring (bicyclic) bond motifs is 1. The SMILES string of the molecule is COc1ccc(C(=O)c2ccccc2)c(O)c1.O=C(OC1Cc2c(O)cc(O)cc2OC1c1ccc(O)c(O)c1)c1cc(O)c(O)c(O)c1. The van der Waals surface area contributed by atoms with Crippen molar-refractivity contribution in [3.63, 3.8) is 0 Å². The Labute approximate surface area is 278 Å². The third-order valence-corrected chi connectivity index (χ3v) is 7.54. The standard InChI is InChI=1S/C22H18O10.C14H12O3/c23-11-6-14(25)12-8-19(32-22(30)10-4-16(27)20(29)17(28)5-10)21(31-18(12)7-11)9-1-2-13(24)15(26)3-9;1-17-11-7-8-12(13(15)9-11)14(16)10-5-3-2-4-6-10/h1-7,19,21,23-29H,8H2;2-9,15H,1H3. The molecule has 0 amide bonds. The first kappa shape index (κ1) is 33.6. The number of benzene rings is 5. The van der Waals surface area contributed by atoms with E-state index in [4.69, 9.17) is 14.2 Å². The summed E-state index contributed by atoms with van der Waals surface area (Å²) in [6.45, 7) is 0. The van der Waals surface area contributed by atoms with Gasteiger partial charge >= 0.3 is 5.97 Å². The van der Waals surface area contributed by atoms with E-state index in [1.807, 2.05) is 6.07 Å². The molecule has 0 fully saturated rings. The predicted molar refractivity (Wildman–Crippen MR) is 172 cm³/mol. The van der Waals surface area contributed by atoms with Gasteiger partial charge in [0.15, 0.2) is 40.6 Å². The first-order chi connectivity index (χ1) is 23.4. The molecule has 5 aromatic rings. The lowest BCUT2D eigenvalue weighted by Crippen LogP contribution is -2.34. The second kappa shape index (κ2) is 13.9. The highest BCUT2D eigenvalue weighted by Crippen LogP contribution is 2.44. The number of ether oxygens (including phenoxy) is 3.